The maximum atomic E-state index is 10.6. The molecule has 0 heterocycles. The molecule has 0 aliphatic heterocycles. The molecule has 0 aliphatic rings. The normalized spacial score (nSPS) is 9.80. The van der Waals surface area contributed by atoms with Gasteiger partial charge in [0, 0.05) is 6.61 Å². The Balaban J connectivity index is 2.96. The fraction of sp³-hybridized carbons (Fsp3) is 0.857. The molecule has 0 N–H and O–H groups in total. The molecule has 3 heteroatoms. The van der Waals surface area contributed by atoms with Crippen molar-refractivity contribution in [2.75, 3.05) is 19.0 Å². The molecule has 0 aliphatic carbocycles. The van der Waals surface area contributed by atoms with Gasteiger partial charge in [0.05, 0.1) is 5.75 Å². The van der Waals surface area contributed by atoms with Gasteiger partial charge >= 0.3 is 0 Å². The number of hydrogen-bond acceptors (Lipinski definition) is 3. The van der Waals surface area contributed by atoms with Crippen LogP contribution in [-0.4, -0.2) is 24.7 Å². The highest BCUT2D eigenvalue weighted by atomic mass is 32.1. The number of hydrogen-bond donors (Lipinski definition) is 1. The zero-order chi connectivity index (χ0) is 7.82. The lowest BCUT2D eigenvalue weighted by atomic mass is 10.4. The highest BCUT2D eigenvalue weighted by Gasteiger charge is 1.96. The average molecular weight is 162 g/mol. The Morgan fingerprint density at radius 2 is 2.30 bits per heavy atom. The molecule has 2 nitrogen and oxygen atoms in total. The third-order valence-electron chi connectivity index (χ3n) is 1.08. The molecule has 0 rings (SSSR count). The monoisotopic (exact) mass is 162 g/mol. The number of Topliss-reactive ketones (excluding diaryl/α,β-unsaturated/α-hetero) is 1. The Morgan fingerprint density at radius 3 is 2.80 bits per heavy atom. The minimum absolute atomic E-state index is 0.0550. The first-order chi connectivity index (χ1) is 4.81. The molecule has 0 saturated carbocycles. The fourth-order valence-corrected chi connectivity index (χ4v) is 0.569. The molecule has 60 valence electrons. The summed E-state index contributed by atoms with van der Waals surface area (Å²) in [4.78, 5) is 10.6. The molecule has 0 bridgehead atoms. The Bertz CT molecular complexity index is 93.6. The third kappa shape index (κ3) is 6.11. The van der Waals surface area contributed by atoms with Crippen molar-refractivity contribution >= 4 is 18.4 Å². The molecule has 0 aromatic rings. The highest BCUT2D eigenvalue weighted by Crippen LogP contribution is 1.88. The quantitative estimate of drug-likeness (QED) is 0.470. The van der Waals surface area contributed by atoms with E-state index in [0.717, 1.165) is 12.8 Å². The van der Waals surface area contributed by atoms with Gasteiger partial charge in [0.2, 0.25) is 0 Å². The van der Waals surface area contributed by atoms with Crippen LogP contribution in [0.25, 0.3) is 0 Å². The summed E-state index contributed by atoms with van der Waals surface area (Å²) in [6.45, 7) is 3.00. The second kappa shape index (κ2) is 7.09. The molecule has 0 atom stereocenters. The van der Waals surface area contributed by atoms with Gasteiger partial charge in [0.25, 0.3) is 0 Å². The average Bonchev–Trinajstić information content (AvgIpc) is 1.98. The lowest BCUT2D eigenvalue weighted by molar-refractivity contribution is -0.121. The van der Waals surface area contributed by atoms with E-state index >= 15 is 0 Å². The molecule has 0 aromatic heterocycles. The van der Waals surface area contributed by atoms with E-state index in [2.05, 4.69) is 19.6 Å². The van der Waals surface area contributed by atoms with E-state index in [0.29, 0.717) is 6.61 Å². The van der Waals surface area contributed by atoms with Crippen LogP contribution in [0.2, 0.25) is 0 Å². The summed E-state index contributed by atoms with van der Waals surface area (Å²) in [7, 11) is 0. The van der Waals surface area contributed by atoms with E-state index in [-0.39, 0.29) is 18.1 Å². The molecular weight excluding hydrogens is 148 g/mol. The van der Waals surface area contributed by atoms with Crippen LogP contribution in [0.15, 0.2) is 0 Å². The van der Waals surface area contributed by atoms with Crippen LogP contribution in [0.4, 0.5) is 0 Å². The smallest absolute Gasteiger partial charge is 0.168 e. The number of carbonyl (C=O) groups excluding carboxylic acids is 1. The van der Waals surface area contributed by atoms with Crippen LogP contribution >= 0.6 is 12.6 Å². The molecular formula is C7H14O2S. The van der Waals surface area contributed by atoms with Crippen molar-refractivity contribution in [2.45, 2.75) is 19.8 Å². The third-order valence-corrected chi connectivity index (χ3v) is 1.43. The first-order valence-corrected chi connectivity index (χ1v) is 4.14. The van der Waals surface area contributed by atoms with Crippen LogP contribution in [0, 0.1) is 0 Å². The van der Waals surface area contributed by atoms with Crippen molar-refractivity contribution in [1.82, 2.24) is 0 Å². The Hall–Kier alpha value is -0.0200. The summed E-state index contributed by atoms with van der Waals surface area (Å²) in [5, 5.41) is 0. The van der Waals surface area contributed by atoms with Gasteiger partial charge in [-0.1, -0.05) is 13.3 Å². The van der Waals surface area contributed by atoms with E-state index in [9.17, 15) is 4.79 Å². The maximum absolute atomic E-state index is 10.6. The van der Waals surface area contributed by atoms with E-state index in [1.54, 1.807) is 0 Å². The molecule has 0 unspecified atom stereocenters. The van der Waals surface area contributed by atoms with E-state index in [4.69, 9.17) is 4.74 Å². The number of ether oxygens (including phenoxy) is 1. The number of rotatable bonds is 6. The SMILES string of the molecule is CCCCOCC(=O)CS. The van der Waals surface area contributed by atoms with Crippen LogP contribution in [0.1, 0.15) is 19.8 Å². The molecule has 0 radical (unpaired) electrons. The summed E-state index contributed by atoms with van der Waals surface area (Å²) in [5.41, 5.74) is 0. The summed E-state index contributed by atoms with van der Waals surface area (Å²) < 4.78 is 5.03. The van der Waals surface area contributed by atoms with Gasteiger partial charge in [-0.15, -0.1) is 0 Å². The first kappa shape index (κ1) is 9.98. The zero-order valence-corrected chi connectivity index (χ0v) is 7.19. The number of ketones is 1. The maximum Gasteiger partial charge on any atom is 0.168 e. The summed E-state index contributed by atoms with van der Waals surface area (Å²) in [6, 6.07) is 0. The fourth-order valence-electron chi connectivity index (χ4n) is 0.478. The van der Waals surface area contributed by atoms with E-state index < -0.39 is 0 Å². The second-order valence-electron chi connectivity index (χ2n) is 2.10. The minimum atomic E-state index is 0.0550. The standard InChI is InChI=1S/C7H14O2S/c1-2-3-4-9-5-7(8)6-10/h10H,2-6H2,1H3. The van der Waals surface area contributed by atoms with Gasteiger partial charge < -0.3 is 4.74 Å². The Kier molecular flexibility index (Phi) is 7.08. The van der Waals surface area contributed by atoms with Crippen LogP contribution < -0.4 is 0 Å². The second-order valence-corrected chi connectivity index (χ2v) is 2.42. The van der Waals surface area contributed by atoms with Crippen LogP contribution in [-0.2, 0) is 9.53 Å². The minimum Gasteiger partial charge on any atom is -0.374 e. The van der Waals surface area contributed by atoms with E-state index in [1.807, 2.05) is 0 Å². The molecule has 0 amide bonds. The van der Waals surface area contributed by atoms with Gasteiger partial charge in [0.15, 0.2) is 5.78 Å². The van der Waals surface area contributed by atoms with Crippen molar-refractivity contribution in [3.63, 3.8) is 0 Å². The zero-order valence-electron chi connectivity index (χ0n) is 6.30. The van der Waals surface area contributed by atoms with Crippen molar-refractivity contribution in [1.29, 1.82) is 0 Å². The van der Waals surface area contributed by atoms with E-state index in [1.165, 1.54) is 0 Å². The molecule has 0 saturated heterocycles. The van der Waals surface area contributed by atoms with Crippen molar-refractivity contribution in [3.8, 4) is 0 Å². The molecule has 0 aromatic carbocycles. The topological polar surface area (TPSA) is 26.3 Å². The first-order valence-electron chi connectivity index (χ1n) is 3.51. The molecule has 10 heavy (non-hydrogen) atoms. The number of thiol groups is 1. The largest absolute Gasteiger partial charge is 0.374 e. The van der Waals surface area contributed by atoms with Gasteiger partial charge in [-0.3, -0.25) is 4.79 Å². The highest BCUT2D eigenvalue weighted by molar-refractivity contribution is 7.81. The Labute approximate surface area is 67.4 Å². The summed E-state index contributed by atoms with van der Waals surface area (Å²) >= 11 is 3.81. The molecule has 0 spiro atoms. The van der Waals surface area contributed by atoms with Crippen LogP contribution in [0.5, 0.6) is 0 Å². The summed E-state index contributed by atoms with van der Waals surface area (Å²) in [6.07, 6.45) is 2.13. The summed E-state index contributed by atoms with van der Waals surface area (Å²) in [5.74, 6) is 0.339. The predicted octanol–water partition coefficient (Wildman–Crippen LogP) is 1.30. The number of carbonyl (C=O) groups is 1. The van der Waals surface area contributed by atoms with Crippen LogP contribution in [0.3, 0.4) is 0 Å². The Morgan fingerprint density at radius 1 is 1.60 bits per heavy atom. The van der Waals surface area contributed by atoms with Crippen molar-refractivity contribution in [2.24, 2.45) is 0 Å². The van der Waals surface area contributed by atoms with Crippen molar-refractivity contribution in [3.05, 3.63) is 0 Å². The number of unbranched alkanes of at least 4 members (excludes halogenated alkanes) is 1. The lowest BCUT2D eigenvalue weighted by Crippen LogP contribution is -2.10. The molecule has 0 fully saturated rings. The van der Waals surface area contributed by atoms with Crippen molar-refractivity contribution < 1.29 is 9.53 Å². The lowest BCUT2D eigenvalue weighted by Gasteiger charge is -1.99. The predicted molar refractivity (Wildman–Crippen MR) is 44.6 cm³/mol. The van der Waals surface area contributed by atoms with Gasteiger partial charge in [-0.2, -0.15) is 12.6 Å². The van der Waals surface area contributed by atoms with Gasteiger partial charge in [0.1, 0.15) is 6.61 Å². The van der Waals surface area contributed by atoms with Gasteiger partial charge in [-0.05, 0) is 6.42 Å². The van der Waals surface area contributed by atoms with Gasteiger partial charge in [-0.25, -0.2) is 0 Å².